The molecule has 6 rings (SSSR count). The molecule has 10 nitrogen and oxygen atoms in total. The number of aromatic nitrogens is 3. The molecule has 258 valence electrons. The van der Waals surface area contributed by atoms with Crippen molar-refractivity contribution in [1.29, 1.82) is 0 Å². The second kappa shape index (κ2) is 17.5. The third-order valence-electron chi connectivity index (χ3n) is 6.91. The fourth-order valence-corrected chi connectivity index (χ4v) is 4.88. The van der Waals surface area contributed by atoms with Crippen LogP contribution in [-0.4, -0.2) is 70.1 Å². The van der Waals surface area contributed by atoms with E-state index >= 15 is 4.39 Å². The van der Waals surface area contributed by atoms with Crippen LogP contribution in [0, 0.1) is 11.6 Å². The number of methoxy groups -OCH3 is 2. The van der Waals surface area contributed by atoms with Crippen molar-refractivity contribution in [2.45, 2.75) is 20.3 Å². The molecule has 0 aliphatic heterocycles. The number of ether oxygens (including phenoxy) is 2. The molecule has 49 heavy (non-hydrogen) atoms. The molecule has 6 aromatic rings. The zero-order valence-corrected chi connectivity index (χ0v) is 28.9. The van der Waals surface area contributed by atoms with Gasteiger partial charge in [0.05, 0.1) is 23.8 Å². The number of fused-ring (bicyclic) bond motifs is 2. The molecule has 0 radical (unpaired) electrons. The maximum Gasteiger partial charge on any atom is 0.255 e. The van der Waals surface area contributed by atoms with Gasteiger partial charge in [-0.05, 0) is 54.1 Å². The Labute approximate surface area is 284 Å². The molecule has 0 saturated carbocycles. The molecule has 1 amide bonds. The molecule has 0 aliphatic carbocycles. The van der Waals surface area contributed by atoms with Crippen LogP contribution >= 0.6 is 0 Å². The normalized spacial score (nSPS) is 10.2. The number of nitrogens with zero attached hydrogens (tertiary/aromatic N) is 3. The van der Waals surface area contributed by atoms with E-state index in [1.807, 2.05) is 37.9 Å². The summed E-state index contributed by atoms with van der Waals surface area (Å²) < 4.78 is 44.4. The van der Waals surface area contributed by atoms with Crippen LogP contribution in [0.5, 0.6) is 5.88 Å². The van der Waals surface area contributed by atoms with Crippen LogP contribution in [-0.2, 0) is 9.53 Å². The number of rotatable bonds is 6. The first-order valence-corrected chi connectivity index (χ1v) is 15.3. The number of imidazole rings is 1. The monoisotopic (exact) mass is 673 g/mol. The van der Waals surface area contributed by atoms with Crippen molar-refractivity contribution < 1.29 is 32.3 Å². The summed E-state index contributed by atoms with van der Waals surface area (Å²) in [6, 6.07) is 17.7. The molecule has 0 atom stereocenters. The summed E-state index contributed by atoms with van der Waals surface area (Å²) in [6.07, 6.45) is 1.25. The highest BCUT2D eigenvalue weighted by Gasteiger charge is 2.24. The van der Waals surface area contributed by atoms with Gasteiger partial charge >= 0.3 is 0 Å². The molecular formula is C37H41F2N5O5. The minimum absolute atomic E-state index is 0.259. The number of carbonyl (C=O) groups excluding carboxylic acids is 2. The van der Waals surface area contributed by atoms with E-state index in [1.165, 1.54) is 38.8 Å². The summed E-state index contributed by atoms with van der Waals surface area (Å²) in [4.78, 5) is 35.0. The van der Waals surface area contributed by atoms with Gasteiger partial charge in [-0.15, -0.1) is 0 Å². The van der Waals surface area contributed by atoms with Gasteiger partial charge in [0.25, 0.3) is 5.91 Å². The average molecular weight is 674 g/mol. The number of furan rings is 1. The van der Waals surface area contributed by atoms with Gasteiger partial charge in [-0.25, -0.2) is 13.8 Å². The van der Waals surface area contributed by atoms with Crippen molar-refractivity contribution >= 4 is 40.5 Å². The molecule has 0 spiro atoms. The molecule has 2 N–H and O–H groups in total. The Morgan fingerprint density at radius 2 is 1.55 bits per heavy atom. The SMILES string of the molecule is C=O.CCC.CNC(=O)c1c(-c2ccc(F)cc2)oc2cc(N(C)C)c(-c3ccc(F)c(-c4nc5nc(OC)ccc5[nH]4)c3)cc12.COC. The maximum absolute atomic E-state index is 15.2. The van der Waals surface area contributed by atoms with Gasteiger partial charge in [0, 0.05) is 69.7 Å². The summed E-state index contributed by atoms with van der Waals surface area (Å²) >= 11 is 0. The lowest BCUT2D eigenvalue weighted by molar-refractivity contribution is -0.0980. The van der Waals surface area contributed by atoms with Crippen LogP contribution in [0.2, 0.25) is 0 Å². The molecular weight excluding hydrogens is 632 g/mol. The zero-order valence-electron chi connectivity index (χ0n) is 28.9. The van der Waals surface area contributed by atoms with Gasteiger partial charge in [-0.3, -0.25) is 4.79 Å². The summed E-state index contributed by atoms with van der Waals surface area (Å²) in [5, 5.41) is 3.24. The highest BCUT2D eigenvalue weighted by Crippen LogP contribution is 2.41. The number of amides is 1. The number of halogens is 2. The van der Waals surface area contributed by atoms with Crippen LogP contribution in [0.4, 0.5) is 14.5 Å². The number of anilines is 1. The van der Waals surface area contributed by atoms with Gasteiger partial charge in [0.1, 0.15) is 35.6 Å². The minimum Gasteiger partial charge on any atom is -0.481 e. The molecule has 0 saturated heterocycles. The van der Waals surface area contributed by atoms with Crippen molar-refractivity contribution in [2.75, 3.05) is 47.4 Å². The van der Waals surface area contributed by atoms with Crippen LogP contribution in [0.1, 0.15) is 30.6 Å². The standard InChI is InChI=1S/C31H25F2N5O3.C3H8.C2H6O.CH2O/c1-34-31(39)27-21-14-19(24(38(2)3)15-25(21)41-28(27)16-5-8-18(32)9-6-16)17-7-10-22(33)20(13-17)29-35-23-11-12-26(40-4)36-30(23)37-29;2*1-3-2;1-2/h5-15H,1-4H3,(H,34,39)(H,35,36,37);3H2,1-2H3;1-2H3;1H2. The predicted molar refractivity (Wildman–Crippen MR) is 190 cm³/mol. The fraction of sp³-hybridized carbons (Fsp3) is 0.243. The first-order chi connectivity index (χ1) is 23.6. The number of pyridine rings is 1. The number of H-pyrrole nitrogens is 1. The Kier molecular flexibility index (Phi) is 13.5. The first kappa shape index (κ1) is 37.8. The predicted octanol–water partition coefficient (Wildman–Crippen LogP) is 7.91. The second-order valence-corrected chi connectivity index (χ2v) is 10.8. The van der Waals surface area contributed by atoms with Crippen molar-refractivity contribution in [1.82, 2.24) is 20.3 Å². The van der Waals surface area contributed by atoms with Gasteiger partial charge in [0.2, 0.25) is 5.88 Å². The van der Waals surface area contributed by atoms with Crippen LogP contribution < -0.4 is 15.0 Å². The smallest absolute Gasteiger partial charge is 0.255 e. The van der Waals surface area contributed by atoms with Gasteiger partial charge in [0.15, 0.2) is 5.65 Å². The van der Waals surface area contributed by atoms with E-state index in [2.05, 4.69) is 38.9 Å². The Bertz CT molecular complexity index is 2000. The number of aromatic amines is 1. The van der Waals surface area contributed by atoms with Gasteiger partial charge < -0.3 is 33.9 Å². The molecule has 12 heteroatoms. The summed E-state index contributed by atoms with van der Waals surface area (Å²) in [6.45, 7) is 6.25. The third kappa shape index (κ3) is 8.46. The number of hydrogen-bond donors (Lipinski definition) is 2. The number of hydrogen-bond acceptors (Lipinski definition) is 8. The Morgan fingerprint density at radius 1 is 0.918 bits per heavy atom. The lowest BCUT2D eigenvalue weighted by Crippen LogP contribution is -2.18. The fourth-order valence-electron chi connectivity index (χ4n) is 4.88. The first-order valence-electron chi connectivity index (χ1n) is 15.3. The van der Waals surface area contributed by atoms with Crippen molar-refractivity contribution in [2.24, 2.45) is 0 Å². The Morgan fingerprint density at radius 3 is 2.14 bits per heavy atom. The summed E-state index contributed by atoms with van der Waals surface area (Å²) in [5.41, 5.74) is 4.90. The maximum atomic E-state index is 15.2. The number of benzene rings is 3. The highest BCUT2D eigenvalue weighted by atomic mass is 19.1. The van der Waals surface area contributed by atoms with Gasteiger partial charge in [-0.2, -0.15) is 4.98 Å². The lowest BCUT2D eigenvalue weighted by Gasteiger charge is -2.18. The highest BCUT2D eigenvalue weighted by molar-refractivity contribution is 6.13. The van der Waals surface area contributed by atoms with Crippen LogP contribution in [0.25, 0.3) is 56.0 Å². The van der Waals surface area contributed by atoms with Crippen molar-refractivity contribution in [3.05, 3.63) is 83.9 Å². The van der Waals surface area contributed by atoms with E-state index in [4.69, 9.17) is 13.9 Å². The Hall–Kier alpha value is -5.62. The zero-order chi connectivity index (χ0) is 36.2. The lowest BCUT2D eigenvalue weighted by atomic mass is 9.96. The summed E-state index contributed by atoms with van der Waals surface area (Å²) in [5.74, 6) is -0.153. The summed E-state index contributed by atoms with van der Waals surface area (Å²) in [7, 11) is 10.1. The Balaban J connectivity index is 0.000000747. The molecule has 3 aromatic carbocycles. The molecule has 0 fully saturated rings. The van der Waals surface area contributed by atoms with E-state index in [0.717, 1.165) is 11.3 Å². The number of carbonyl (C=O) groups is 2. The average Bonchev–Trinajstić information content (AvgIpc) is 3.70. The van der Waals surface area contributed by atoms with Crippen molar-refractivity contribution in [3.63, 3.8) is 0 Å². The molecule has 0 bridgehead atoms. The minimum atomic E-state index is -0.458. The van der Waals surface area contributed by atoms with E-state index in [-0.39, 0.29) is 11.5 Å². The van der Waals surface area contributed by atoms with E-state index in [9.17, 15) is 9.18 Å². The van der Waals surface area contributed by atoms with Crippen LogP contribution in [0.3, 0.4) is 0 Å². The molecule has 0 unspecified atom stereocenters. The van der Waals surface area contributed by atoms with Crippen molar-refractivity contribution in [3.8, 4) is 39.7 Å². The third-order valence-corrected chi connectivity index (χ3v) is 6.91. The molecule has 3 aromatic heterocycles. The number of nitrogens with one attached hydrogen (secondary N) is 2. The molecule has 3 heterocycles. The largest absolute Gasteiger partial charge is 0.481 e. The topological polar surface area (TPSA) is 123 Å². The van der Waals surface area contributed by atoms with E-state index in [0.29, 0.717) is 56.3 Å². The van der Waals surface area contributed by atoms with E-state index in [1.54, 1.807) is 50.6 Å². The van der Waals surface area contributed by atoms with E-state index < -0.39 is 11.6 Å². The van der Waals surface area contributed by atoms with Crippen LogP contribution in [0.15, 0.2) is 71.1 Å². The molecule has 0 aliphatic rings. The second-order valence-electron chi connectivity index (χ2n) is 10.8. The van der Waals surface area contributed by atoms with Gasteiger partial charge in [-0.1, -0.05) is 26.3 Å². The quantitative estimate of drug-likeness (QED) is 0.183.